The number of nitro groups is 1. The van der Waals surface area contributed by atoms with E-state index in [-0.39, 0.29) is 18.2 Å². The minimum Gasteiger partial charge on any atom is -0.484 e. The fraction of sp³-hybridized carbons (Fsp3) is 0.238. The zero-order chi connectivity index (χ0) is 20.4. The third-order valence-electron chi connectivity index (χ3n) is 4.15. The Balaban J connectivity index is 1.76. The number of nitrogens with one attached hydrogen (secondary N) is 1. The van der Waals surface area contributed by atoms with Crippen molar-refractivity contribution in [3.63, 3.8) is 0 Å². The maximum absolute atomic E-state index is 11.7. The van der Waals surface area contributed by atoms with E-state index < -0.39 is 4.92 Å². The van der Waals surface area contributed by atoms with Crippen molar-refractivity contribution < 1.29 is 14.5 Å². The Kier molecular flexibility index (Phi) is 7.90. The standard InChI is InChI=1S/C21H23N3O4/c1-3-16(2)18-9-11-20(12-10-18)28-15-21(25)23-22-13-5-7-17-6-4-8-19(14-17)24(26)27/h4-14,16H,3,15H2,1-2H3,(H,23,25)/b7-5+,22-13-/t16-/m1/s1. The van der Waals surface area contributed by atoms with E-state index in [1.54, 1.807) is 24.3 Å². The normalized spacial score (nSPS) is 12.2. The summed E-state index contributed by atoms with van der Waals surface area (Å²) in [4.78, 5) is 22.0. The number of ether oxygens (including phenoxy) is 1. The lowest BCUT2D eigenvalue weighted by atomic mass is 9.99. The van der Waals surface area contributed by atoms with E-state index in [0.29, 0.717) is 17.2 Å². The Labute approximate surface area is 163 Å². The Morgan fingerprint density at radius 2 is 2.04 bits per heavy atom. The SMILES string of the molecule is CC[C@@H](C)c1ccc(OCC(=O)N/N=C\C=C\c2cccc([N+](=O)[O-])c2)cc1. The molecular formula is C21H23N3O4. The largest absolute Gasteiger partial charge is 0.484 e. The predicted octanol–water partition coefficient (Wildman–Crippen LogP) is 4.30. The molecule has 0 saturated heterocycles. The Bertz CT molecular complexity index is 860. The van der Waals surface area contributed by atoms with Gasteiger partial charge in [-0.15, -0.1) is 0 Å². The molecule has 146 valence electrons. The van der Waals surface area contributed by atoms with E-state index in [1.807, 2.05) is 24.3 Å². The number of rotatable bonds is 9. The smallest absolute Gasteiger partial charge is 0.277 e. The van der Waals surface area contributed by atoms with Crippen LogP contribution in [-0.2, 0) is 4.79 Å². The first-order valence-electron chi connectivity index (χ1n) is 8.95. The first-order chi connectivity index (χ1) is 13.5. The van der Waals surface area contributed by atoms with Crippen LogP contribution in [-0.4, -0.2) is 23.7 Å². The first-order valence-corrected chi connectivity index (χ1v) is 8.95. The molecule has 7 heteroatoms. The highest BCUT2D eigenvalue weighted by molar-refractivity contribution is 5.82. The number of non-ortho nitro benzene ring substituents is 1. The highest BCUT2D eigenvalue weighted by Crippen LogP contribution is 2.21. The lowest BCUT2D eigenvalue weighted by Gasteiger charge is -2.10. The maximum atomic E-state index is 11.7. The molecule has 2 rings (SSSR count). The summed E-state index contributed by atoms with van der Waals surface area (Å²) in [5.41, 5.74) is 4.27. The molecule has 2 aromatic rings. The van der Waals surface area contributed by atoms with Crippen LogP contribution in [0.3, 0.4) is 0 Å². The van der Waals surface area contributed by atoms with Crippen molar-refractivity contribution in [3.8, 4) is 5.75 Å². The third kappa shape index (κ3) is 6.68. The van der Waals surface area contributed by atoms with Crippen molar-refractivity contribution in [2.24, 2.45) is 5.10 Å². The molecule has 0 heterocycles. The van der Waals surface area contributed by atoms with Gasteiger partial charge >= 0.3 is 0 Å². The molecule has 1 atom stereocenters. The Morgan fingerprint density at radius 1 is 1.29 bits per heavy atom. The molecular weight excluding hydrogens is 358 g/mol. The van der Waals surface area contributed by atoms with Crippen LogP contribution >= 0.6 is 0 Å². The minimum absolute atomic E-state index is 0.0155. The van der Waals surface area contributed by atoms with Crippen LogP contribution in [0.15, 0.2) is 59.7 Å². The average Bonchev–Trinajstić information content (AvgIpc) is 2.72. The highest BCUT2D eigenvalue weighted by Gasteiger charge is 2.05. The van der Waals surface area contributed by atoms with Gasteiger partial charge in [-0.05, 0) is 41.7 Å². The molecule has 0 aliphatic heterocycles. The van der Waals surface area contributed by atoms with Gasteiger partial charge < -0.3 is 4.74 Å². The summed E-state index contributed by atoms with van der Waals surface area (Å²) in [6.45, 7) is 4.15. The second-order valence-corrected chi connectivity index (χ2v) is 6.19. The van der Waals surface area contributed by atoms with E-state index in [0.717, 1.165) is 6.42 Å². The Morgan fingerprint density at radius 3 is 2.71 bits per heavy atom. The van der Waals surface area contributed by atoms with Crippen LogP contribution in [0.25, 0.3) is 6.08 Å². The molecule has 0 aliphatic rings. The predicted molar refractivity (Wildman–Crippen MR) is 109 cm³/mol. The number of hydrogen-bond acceptors (Lipinski definition) is 5. The van der Waals surface area contributed by atoms with Crippen molar-refractivity contribution in [2.45, 2.75) is 26.2 Å². The fourth-order valence-corrected chi connectivity index (χ4v) is 2.36. The number of carbonyl (C=O) groups is 1. The molecule has 2 aromatic carbocycles. The molecule has 0 bridgehead atoms. The van der Waals surface area contributed by atoms with Gasteiger partial charge in [-0.3, -0.25) is 14.9 Å². The molecule has 1 amide bonds. The van der Waals surface area contributed by atoms with Crippen molar-refractivity contribution in [2.75, 3.05) is 6.61 Å². The molecule has 0 saturated carbocycles. The summed E-state index contributed by atoms with van der Waals surface area (Å²) >= 11 is 0. The number of amides is 1. The lowest BCUT2D eigenvalue weighted by Crippen LogP contribution is -2.24. The average molecular weight is 381 g/mol. The molecule has 0 unspecified atom stereocenters. The van der Waals surface area contributed by atoms with Gasteiger partial charge in [-0.25, -0.2) is 5.43 Å². The molecule has 1 N–H and O–H groups in total. The summed E-state index contributed by atoms with van der Waals surface area (Å²) in [7, 11) is 0. The summed E-state index contributed by atoms with van der Waals surface area (Å²) < 4.78 is 5.43. The van der Waals surface area contributed by atoms with E-state index >= 15 is 0 Å². The number of allylic oxidation sites excluding steroid dienone is 1. The quantitative estimate of drug-likeness (QED) is 0.398. The number of hydrogen-bond donors (Lipinski definition) is 1. The van der Waals surface area contributed by atoms with E-state index in [2.05, 4.69) is 24.4 Å². The monoisotopic (exact) mass is 381 g/mol. The molecule has 0 aromatic heterocycles. The minimum atomic E-state index is -0.455. The zero-order valence-corrected chi connectivity index (χ0v) is 15.9. The molecule has 0 fully saturated rings. The second-order valence-electron chi connectivity index (χ2n) is 6.19. The van der Waals surface area contributed by atoms with Crippen LogP contribution in [0.2, 0.25) is 0 Å². The zero-order valence-electron chi connectivity index (χ0n) is 15.9. The summed E-state index contributed by atoms with van der Waals surface area (Å²) in [5.74, 6) is 0.726. The first kappa shape index (κ1) is 20.8. The van der Waals surface area contributed by atoms with Crippen LogP contribution in [0.5, 0.6) is 5.75 Å². The van der Waals surface area contributed by atoms with Crippen molar-refractivity contribution in [1.29, 1.82) is 0 Å². The number of carbonyl (C=O) groups excluding carboxylic acids is 1. The number of nitro benzene ring substituents is 1. The third-order valence-corrected chi connectivity index (χ3v) is 4.15. The van der Waals surface area contributed by atoms with Crippen LogP contribution in [0, 0.1) is 10.1 Å². The van der Waals surface area contributed by atoms with Gasteiger partial charge in [0.15, 0.2) is 6.61 Å². The molecule has 0 spiro atoms. The van der Waals surface area contributed by atoms with Crippen LogP contribution in [0.1, 0.15) is 37.3 Å². The van der Waals surface area contributed by atoms with Gasteiger partial charge in [0, 0.05) is 18.3 Å². The van der Waals surface area contributed by atoms with E-state index in [1.165, 1.54) is 23.9 Å². The number of benzene rings is 2. The van der Waals surface area contributed by atoms with Gasteiger partial charge in [0.25, 0.3) is 11.6 Å². The molecule has 7 nitrogen and oxygen atoms in total. The summed E-state index contributed by atoms with van der Waals surface area (Å²) in [6, 6.07) is 13.9. The highest BCUT2D eigenvalue weighted by atomic mass is 16.6. The number of hydrazone groups is 1. The Hall–Kier alpha value is -3.48. The van der Waals surface area contributed by atoms with Gasteiger partial charge in [0.2, 0.25) is 0 Å². The van der Waals surface area contributed by atoms with Gasteiger partial charge in [0.1, 0.15) is 5.75 Å². The van der Waals surface area contributed by atoms with Crippen LogP contribution in [0.4, 0.5) is 5.69 Å². The van der Waals surface area contributed by atoms with Crippen molar-refractivity contribution in [3.05, 3.63) is 75.8 Å². The number of nitrogens with zero attached hydrogens (tertiary/aromatic N) is 2. The topological polar surface area (TPSA) is 93.8 Å². The molecule has 28 heavy (non-hydrogen) atoms. The lowest BCUT2D eigenvalue weighted by molar-refractivity contribution is -0.384. The van der Waals surface area contributed by atoms with Crippen molar-refractivity contribution >= 4 is 23.9 Å². The summed E-state index contributed by atoms with van der Waals surface area (Å²) in [6.07, 6.45) is 5.68. The fourth-order valence-electron chi connectivity index (χ4n) is 2.36. The molecule has 0 radical (unpaired) electrons. The summed E-state index contributed by atoms with van der Waals surface area (Å²) in [5, 5.41) is 14.5. The van der Waals surface area contributed by atoms with Gasteiger partial charge in [0.05, 0.1) is 4.92 Å². The maximum Gasteiger partial charge on any atom is 0.277 e. The van der Waals surface area contributed by atoms with Gasteiger partial charge in [-0.2, -0.15) is 5.10 Å². The van der Waals surface area contributed by atoms with E-state index in [9.17, 15) is 14.9 Å². The second kappa shape index (κ2) is 10.6. The van der Waals surface area contributed by atoms with E-state index in [4.69, 9.17) is 4.74 Å². The van der Waals surface area contributed by atoms with Gasteiger partial charge in [-0.1, -0.05) is 44.2 Å². The molecule has 0 aliphatic carbocycles. The van der Waals surface area contributed by atoms with Crippen LogP contribution < -0.4 is 10.2 Å². The van der Waals surface area contributed by atoms with Crippen molar-refractivity contribution in [1.82, 2.24) is 5.43 Å².